The lowest BCUT2D eigenvalue weighted by molar-refractivity contribution is -0.137. The lowest BCUT2D eigenvalue weighted by Crippen LogP contribution is -2.48. The predicted octanol–water partition coefficient (Wildman–Crippen LogP) is 5.11. The molecule has 1 fully saturated rings. The van der Waals surface area contributed by atoms with Crippen LogP contribution in [0, 0.1) is 12.8 Å². The molecule has 1 unspecified atom stereocenters. The van der Waals surface area contributed by atoms with Crippen molar-refractivity contribution in [1.82, 2.24) is 24.8 Å². The quantitative estimate of drug-likeness (QED) is 0.512. The summed E-state index contributed by atoms with van der Waals surface area (Å²) in [6.07, 6.45) is 7.65. The average Bonchev–Trinajstić information content (AvgIpc) is 3.34. The summed E-state index contributed by atoms with van der Waals surface area (Å²) in [4.78, 5) is 29.5. The van der Waals surface area contributed by atoms with Crippen LogP contribution in [0.3, 0.4) is 0 Å². The molecule has 6 aliphatic rings. The van der Waals surface area contributed by atoms with E-state index in [0.717, 1.165) is 91.6 Å². The van der Waals surface area contributed by atoms with Crippen molar-refractivity contribution in [2.45, 2.75) is 77.3 Å². The minimum Gasteiger partial charge on any atom is -0.481 e. The Labute approximate surface area is 223 Å². The Bertz CT molecular complexity index is 1360. The molecule has 1 aromatic heterocycles. The third-order valence-corrected chi connectivity index (χ3v) is 9.02. The van der Waals surface area contributed by atoms with Crippen LogP contribution in [0.5, 0.6) is 0 Å². The molecule has 38 heavy (non-hydrogen) atoms. The molecule has 3 aromatic rings. The summed E-state index contributed by atoms with van der Waals surface area (Å²) in [5.74, 6) is -0.426. The van der Waals surface area contributed by atoms with Crippen LogP contribution in [0.15, 0.2) is 30.3 Å². The number of nitrogens with zero attached hydrogens (tertiary/aromatic N) is 5. The van der Waals surface area contributed by atoms with E-state index in [2.05, 4.69) is 40.6 Å². The molecular weight excluding hydrogens is 478 g/mol. The van der Waals surface area contributed by atoms with E-state index in [1.807, 2.05) is 21.4 Å². The van der Waals surface area contributed by atoms with Crippen LogP contribution in [0.1, 0.15) is 78.7 Å². The summed E-state index contributed by atoms with van der Waals surface area (Å²) in [7, 11) is 0. The van der Waals surface area contributed by atoms with E-state index in [9.17, 15) is 14.7 Å². The van der Waals surface area contributed by atoms with Gasteiger partial charge in [0.2, 0.25) is 0 Å². The second kappa shape index (κ2) is 10.4. The second-order valence-electron chi connectivity index (χ2n) is 11.4. The smallest absolute Gasteiger partial charge is 0.320 e. The van der Waals surface area contributed by atoms with Crippen LogP contribution in [0.2, 0.25) is 0 Å². The summed E-state index contributed by atoms with van der Waals surface area (Å²) in [6.45, 7) is 5.87. The molecule has 8 nitrogen and oxygen atoms in total. The molecule has 0 spiro atoms. The highest BCUT2D eigenvalue weighted by atomic mass is 16.4. The summed E-state index contributed by atoms with van der Waals surface area (Å²) < 4.78 is 2.00. The Balaban J connectivity index is 1.39. The molecule has 7 heterocycles. The van der Waals surface area contributed by atoms with Crippen LogP contribution >= 0.6 is 0 Å². The monoisotopic (exact) mass is 515 g/mol. The van der Waals surface area contributed by atoms with Gasteiger partial charge in [0.05, 0.1) is 11.9 Å². The van der Waals surface area contributed by atoms with E-state index in [1.54, 1.807) is 0 Å². The summed E-state index contributed by atoms with van der Waals surface area (Å²) >= 11 is 0. The molecule has 2 amide bonds. The molecule has 8 heteroatoms. The number of urea groups is 1. The topological polar surface area (TPSA) is 91.6 Å². The Kier molecular flexibility index (Phi) is 6.80. The third-order valence-electron chi connectivity index (χ3n) is 9.02. The maximum Gasteiger partial charge on any atom is 0.320 e. The van der Waals surface area contributed by atoms with Crippen LogP contribution < -0.4 is 0 Å². The summed E-state index contributed by atoms with van der Waals surface area (Å²) in [5, 5.41) is 18.8. The van der Waals surface area contributed by atoms with Gasteiger partial charge >= 0.3 is 12.0 Å². The van der Waals surface area contributed by atoms with Gasteiger partial charge in [-0.2, -0.15) is 0 Å². The summed E-state index contributed by atoms with van der Waals surface area (Å²) in [6, 6.07) is 10.6. The molecule has 1 saturated heterocycles. The summed E-state index contributed by atoms with van der Waals surface area (Å²) in [5.41, 5.74) is 7.18. The van der Waals surface area contributed by atoms with Gasteiger partial charge < -0.3 is 14.9 Å². The fourth-order valence-electron chi connectivity index (χ4n) is 6.75. The number of amides is 2. The first kappa shape index (κ1) is 24.9. The van der Waals surface area contributed by atoms with E-state index >= 15 is 0 Å². The van der Waals surface area contributed by atoms with Crippen LogP contribution in [-0.2, 0) is 24.3 Å². The van der Waals surface area contributed by atoms with Crippen molar-refractivity contribution in [2.75, 3.05) is 19.6 Å². The molecule has 0 aliphatic carbocycles. The van der Waals surface area contributed by atoms with Crippen molar-refractivity contribution in [1.29, 1.82) is 0 Å². The molecular formula is C30H37N5O3. The average molecular weight is 516 g/mol. The van der Waals surface area contributed by atoms with Crippen molar-refractivity contribution in [3.63, 3.8) is 0 Å². The Morgan fingerprint density at radius 2 is 1.82 bits per heavy atom. The molecule has 6 aliphatic heterocycles. The van der Waals surface area contributed by atoms with E-state index < -0.39 is 5.97 Å². The van der Waals surface area contributed by atoms with Crippen molar-refractivity contribution in [2.24, 2.45) is 5.92 Å². The van der Waals surface area contributed by atoms with Gasteiger partial charge in [0.25, 0.3) is 0 Å². The largest absolute Gasteiger partial charge is 0.481 e. The number of aliphatic carboxylic acids is 1. The zero-order valence-corrected chi connectivity index (χ0v) is 22.2. The number of rotatable bonds is 2. The van der Waals surface area contributed by atoms with Crippen LogP contribution in [0.25, 0.3) is 11.0 Å². The van der Waals surface area contributed by atoms with Gasteiger partial charge in [-0.15, -0.1) is 5.10 Å². The van der Waals surface area contributed by atoms with E-state index in [4.69, 9.17) is 0 Å². The number of hydrogen-bond donors (Lipinski definition) is 1. The number of hydrogen-bond acceptors (Lipinski definition) is 4. The highest BCUT2D eigenvalue weighted by Crippen LogP contribution is 2.35. The maximum absolute atomic E-state index is 13.4. The van der Waals surface area contributed by atoms with E-state index in [0.29, 0.717) is 12.5 Å². The van der Waals surface area contributed by atoms with E-state index in [1.165, 1.54) is 18.4 Å². The fraction of sp³-hybridized carbons (Fsp3) is 0.533. The zero-order valence-electron chi connectivity index (χ0n) is 22.2. The van der Waals surface area contributed by atoms with Crippen molar-refractivity contribution >= 4 is 23.0 Å². The number of carbonyl (C=O) groups excluding carboxylic acids is 1. The fourth-order valence-corrected chi connectivity index (χ4v) is 6.75. The lowest BCUT2D eigenvalue weighted by Gasteiger charge is -2.38. The van der Waals surface area contributed by atoms with Gasteiger partial charge in [0.1, 0.15) is 5.52 Å². The third kappa shape index (κ3) is 4.76. The molecule has 0 radical (unpaired) electrons. The number of piperidine rings is 1. The minimum atomic E-state index is -0.832. The molecule has 2 aromatic carbocycles. The first-order valence-electron chi connectivity index (χ1n) is 14.2. The number of carboxylic acid groups (broad SMARTS) is 1. The molecule has 1 N–H and O–H groups in total. The van der Waals surface area contributed by atoms with Gasteiger partial charge in [-0.25, -0.2) is 9.48 Å². The van der Waals surface area contributed by atoms with Gasteiger partial charge in [-0.3, -0.25) is 4.79 Å². The van der Waals surface area contributed by atoms with Crippen molar-refractivity contribution in [3.8, 4) is 0 Å². The van der Waals surface area contributed by atoms with Crippen LogP contribution in [-0.4, -0.2) is 61.5 Å². The molecule has 1 atom stereocenters. The Hall–Kier alpha value is -3.42. The van der Waals surface area contributed by atoms with E-state index in [-0.39, 0.29) is 18.4 Å². The van der Waals surface area contributed by atoms with Crippen molar-refractivity contribution < 1.29 is 14.7 Å². The zero-order chi connectivity index (χ0) is 26.2. The first-order chi connectivity index (χ1) is 18.5. The Morgan fingerprint density at radius 1 is 0.974 bits per heavy atom. The van der Waals surface area contributed by atoms with Gasteiger partial charge in [-0.05, 0) is 72.4 Å². The lowest BCUT2D eigenvalue weighted by atomic mass is 9.83. The van der Waals surface area contributed by atoms with Gasteiger partial charge in [0, 0.05) is 38.6 Å². The maximum atomic E-state index is 13.4. The number of benzene rings is 2. The predicted molar refractivity (Wildman–Crippen MR) is 145 cm³/mol. The second-order valence-corrected chi connectivity index (χ2v) is 11.4. The first-order valence-corrected chi connectivity index (χ1v) is 14.2. The molecule has 0 saturated carbocycles. The highest BCUT2D eigenvalue weighted by molar-refractivity contribution is 5.80. The molecule has 9 bridgehead atoms. The number of carboxylic acids is 1. The molecule has 200 valence electrons. The standard InChI is InChI=1S/C30H37N5O3/c1-20-25-8-9-27-29(20)31-32-35(27)13-4-2-3-5-21-10-14-33(15-11-21)30(38)34-16-12-22-6-7-23(17-24(22)19-34)26(25)18-28(36)37/h6-9,17,21,26H,2-5,10-16,18-19H2,1H3,(H,36,37). The number of aromatic nitrogens is 3. The van der Waals surface area contributed by atoms with Gasteiger partial charge in [0.15, 0.2) is 0 Å². The normalized spacial score (nSPS) is 22.4. The molecule has 9 rings (SSSR count). The Morgan fingerprint density at radius 3 is 2.63 bits per heavy atom. The van der Waals surface area contributed by atoms with Gasteiger partial charge in [-0.1, -0.05) is 48.7 Å². The highest BCUT2D eigenvalue weighted by Gasteiger charge is 2.30. The minimum absolute atomic E-state index is 0.00312. The number of carbonyl (C=O) groups is 2. The SMILES string of the molecule is Cc1c2ccc3c1nnn3CCCCCC1CCN(CC1)C(=O)N1CCc3ccc(cc3C1)C2CC(=O)O. The van der Waals surface area contributed by atoms with Crippen molar-refractivity contribution in [3.05, 3.63) is 58.1 Å². The van der Waals surface area contributed by atoms with Crippen LogP contribution in [0.4, 0.5) is 4.79 Å². The number of aryl methyl sites for hydroxylation is 2.